The summed E-state index contributed by atoms with van der Waals surface area (Å²) in [5, 5.41) is 5.46. The average Bonchev–Trinajstić information content (AvgIpc) is 2.43. The van der Waals surface area contributed by atoms with Gasteiger partial charge in [-0.15, -0.1) is 0 Å². The minimum Gasteiger partial charge on any atom is -0.324 e. The van der Waals surface area contributed by atoms with Crippen molar-refractivity contribution < 1.29 is 4.79 Å². The summed E-state index contributed by atoms with van der Waals surface area (Å²) in [6, 6.07) is 8.82. The molecule has 2 aromatic rings. The van der Waals surface area contributed by atoms with Gasteiger partial charge in [0.25, 0.3) is 0 Å². The summed E-state index contributed by atoms with van der Waals surface area (Å²) < 4.78 is 0.901. The van der Waals surface area contributed by atoms with E-state index in [9.17, 15) is 4.79 Å². The fourth-order valence-electron chi connectivity index (χ4n) is 1.79. The van der Waals surface area contributed by atoms with E-state index >= 15 is 0 Å². The maximum absolute atomic E-state index is 12.0. The van der Waals surface area contributed by atoms with Crippen molar-refractivity contribution in [1.29, 1.82) is 0 Å². The van der Waals surface area contributed by atoms with Crippen molar-refractivity contribution in [2.24, 2.45) is 5.73 Å². The Kier molecular flexibility index (Phi) is 4.93. The normalized spacial score (nSPS) is 11.8. The first-order valence-corrected chi connectivity index (χ1v) is 7.30. The van der Waals surface area contributed by atoms with Crippen LogP contribution in [-0.4, -0.2) is 11.0 Å². The van der Waals surface area contributed by atoms with Crippen molar-refractivity contribution in [3.63, 3.8) is 0 Å². The standard InChI is InChI=1S/C15H17BrN4O/c1-9-6-14(18-8-13(9)16)20-15(21)19-12-5-3-4-11(7-12)10(2)17/h3-8,10H,17H2,1-2H3,(H2,18,19,20,21). The topological polar surface area (TPSA) is 80.0 Å². The first-order valence-electron chi connectivity index (χ1n) is 6.51. The molecule has 1 aromatic heterocycles. The third-order valence-electron chi connectivity index (χ3n) is 2.96. The number of nitrogens with two attached hydrogens (primary N) is 1. The van der Waals surface area contributed by atoms with Gasteiger partial charge in [0.2, 0.25) is 0 Å². The predicted octanol–water partition coefficient (Wildman–Crippen LogP) is 3.82. The lowest BCUT2D eigenvalue weighted by molar-refractivity contribution is 0.262. The second kappa shape index (κ2) is 6.69. The Morgan fingerprint density at radius 2 is 2.10 bits per heavy atom. The van der Waals surface area contributed by atoms with Gasteiger partial charge >= 0.3 is 6.03 Å². The van der Waals surface area contributed by atoms with E-state index in [-0.39, 0.29) is 12.1 Å². The molecule has 0 fully saturated rings. The van der Waals surface area contributed by atoms with Gasteiger partial charge in [-0.2, -0.15) is 0 Å². The lowest BCUT2D eigenvalue weighted by Gasteiger charge is -2.10. The number of nitrogens with one attached hydrogen (secondary N) is 2. The monoisotopic (exact) mass is 348 g/mol. The van der Waals surface area contributed by atoms with Gasteiger partial charge < -0.3 is 11.1 Å². The predicted molar refractivity (Wildman–Crippen MR) is 88.4 cm³/mol. The quantitative estimate of drug-likeness (QED) is 0.788. The molecular weight excluding hydrogens is 332 g/mol. The number of benzene rings is 1. The summed E-state index contributed by atoms with van der Waals surface area (Å²) in [4.78, 5) is 16.1. The van der Waals surface area contributed by atoms with Crippen LogP contribution in [0.4, 0.5) is 16.3 Å². The van der Waals surface area contributed by atoms with Gasteiger partial charge in [-0.25, -0.2) is 9.78 Å². The van der Waals surface area contributed by atoms with Crippen LogP contribution in [0.3, 0.4) is 0 Å². The van der Waals surface area contributed by atoms with Crippen LogP contribution >= 0.6 is 15.9 Å². The Morgan fingerprint density at radius 1 is 1.33 bits per heavy atom. The second-order valence-corrected chi connectivity index (χ2v) is 5.67. The van der Waals surface area contributed by atoms with Crippen molar-refractivity contribution in [1.82, 2.24) is 4.98 Å². The van der Waals surface area contributed by atoms with Gasteiger partial charge in [0.1, 0.15) is 5.82 Å². The number of aromatic nitrogens is 1. The Morgan fingerprint density at radius 3 is 2.76 bits per heavy atom. The highest BCUT2D eigenvalue weighted by molar-refractivity contribution is 9.10. The van der Waals surface area contributed by atoms with Gasteiger partial charge in [0, 0.05) is 22.4 Å². The summed E-state index contributed by atoms with van der Waals surface area (Å²) in [5.74, 6) is 0.497. The summed E-state index contributed by atoms with van der Waals surface area (Å²) in [6.45, 7) is 3.83. The number of rotatable bonds is 3. The van der Waals surface area contributed by atoms with Gasteiger partial charge in [-0.05, 0) is 59.1 Å². The summed E-state index contributed by atoms with van der Waals surface area (Å²) in [5.41, 5.74) is 8.48. The van der Waals surface area contributed by atoms with Crippen LogP contribution in [0.15, 0.2) is 41.0 Å². The minimum atomic E-state index is -0.342. The average molecular weight is 349 g/mol. The number of halogens is 1. The molecule has 4 N–H and O–H groups in total. The highest BCUT2D eigenvalue weighted by Gasteiger charge is 2.06. The van der Waals surface area contributed by atoms with Crippen LogP contribution in [-0.2, 0) is 0 Å². The molecule has 2 rings (SSSR count). The lowest BCUT2D eigenvalue weighted by atomic mass is 10.1. The SMILES string of the molecule is Cc1cc(NC(=O)Nc2cccc(C(C)N)c2)ncc1Br. The fraction of sp³-hybridized carbons (Fsp3) is 0.200. The molecule has 1 unspecified atom stereocenters. The van der Waals surface area contributed by atoms with E-state index in [4.69, 9.17) is 5.73 Å². The van der Waals surface area contributed by atoms with E-state index in [2.05, 4.69) is 31.5 Å². The van der Waals surface area contributed by atoms with Crippen LogP contribution in [0.2, 0.25) is 0 Å². The Bertz CT molecular complexity index is 658. The molecule has 0 aliphatic carbocycles. The summed E-state index contributed by atoms with van der Waals surface area (Å²) >= 11 is 3.37. The zero-order chi connectivity index (χ0) is 15.4. The van der Waals surface area contributed by atoms with Gasteiger partial charge in [-0.1, -0.05) is 12.1 Å². The van der Waals surface area contributed by atoms with E-state index in [0.29, 0.717) is 11.5 Å². The van der Waals surface area contributed by atoms with Crippen LogP contribution < -0.4 is 16.4 Å². The Labute approximate surface area is 132 Å². The van der Waals surface area contributed by atoms with Crippen LogP contribution in [0.25, 0.3) is 0 Å². The number of aryl methyl sites for hydroxylation is 1. The third kappa shape index (κ3) is 4.27. The number of pyridine rings is 1. The fourth-order valence-corrected chi connectivity index (χ4v) is 2.00. The van der Waals surface area contributed by atoms with E-state index in [1.54, 1.807) is 12.3 Å². The Balaban J connectivity index is 2.04. The number of urea groups is 1. The molecule has 0 saturated carbocycles. The first-order chi connectivity index (χ1) is 9.95. The van der Waals surface area contributed by atoms with Crippen molar-refractivity contribution in [3.05, 3.63) is 52.1 Å². The number of hydrogen-bond acceptors (Lipinski definition) is 3. The minimum absolute atomic E-state index is 0.0781. The summed E-state index contributed by atoms with van der Waals surface area (Å²) in [6.07, 6.45) is 1.65. The first kappa shape index (κ1) is 15.5. The molecule has 1 heterocycles. The highest BCUT2D eigenvalue weighted by Crippen LogP contribution is 2.18. The van der Waals surface area contributed by atoms with Crippen molar-refractivity contribution in [2.45, 2.75) is 19.9 Å². The number of anilines is 2. The van der Waals surface area contributed by atoms with Gasteiger partial charge in [0.15, 0.2) is 0 Å². The number of carbonyl (C=O) groups is 1. The molecule has 0 aliphatic heterocycles. The molecular formula is C15H17BrN4O. The molecule has 2 amide bonds. The third-order valence-corrected chi connectivity index (χ3v) is 3.79. The van der Waals surface area contributed by atoms with Gasteiger partial charge in [0.05, 0.1) is 0 Å². The van der Waals surface area contributed by atoms with Crippen molar-refractivity contribution in [3.8, 4) is 0 Å². The highest BCUT2D eigenvalue weighted by atomic mass is 79.9. The zero-order valence-electron chi connectivity index (χ0n) is 11.9. The lowest BCUT2D eigenvalue weighted by Crippen LogP contribution is -2.20. The smallest absolute Gasteiger partial charge is 0.324 e. The maximum Gasteiger partial charge on any atom is 0.324 e. The number of nitrogens with zero attached hydrogens (tertiary/aromatic N) is 1. The molecule has 0 radical (unpaired) electrons. The second-order valence-electron chi connectivity index (χ2n) is 4.81. The van der Waals surface area contributed by atoms with Crippen molar-refractivity contribution in [2.75, 3.05) is 10.6 Å². The molecule has 1 aromatic carbocycles. The molecule has 1 atom stereocenters. The van der Waals surface area contributed by atoms with E-state index in [0.717, 1.165) is 15.6 Å². The number of hydrogen-bond donors (Lipinski definition) is 3. The Hall–Kier alpha value is -1.92. The molecule has 5 nitrogen and oxygen atoms in total. The number of carbonyl (C=O) groups excluding carboxylic acids is 1. The molecule has 110 valence electrons. The van der Waals surface area contributed by atoms with Gasteiger partial charge in [-0.3, -0.25) is 5.32 Å². The largest absolute Gasteiger partial charge is 0.324 e. The van der Waals surface area contributed by atoms with E-state index < -0.39 is 0 Å². The molecule has 0 spiro atoms. The zero-order valence-corrected chi connectivity index (χ0v) is 13.4. The molecule has 0 saturated heterocycles. The summed E-state index contributed by atoms with van der Waals surface area (Å²) in [7, 11) is 0. The number of amides is 2. The van der Waals surface area contributed by atoms with E-state index in [1.165, 1.54) is 0 Å². The van der Waals surface area contributed by atoms with E-state index in [1.807, 2.05) is 38.1 Å². The molecule has 21 heavy (non-hydrogen) atoms. The van der Waals surface area contributed by atoms with Crippen molar-refractivity contribution >= 4 is 33.5 Å². The molecule has 0 aliphatic rings. The maximum atomic E-state index is 12.0. The van der Waals surface area contributed by atoms with Crippen LogP contribution in [0.1, 0.15) is 24.1 Å². The molecule has 6 heteroatoms. The van der Waals surface area contributed by atoms with Crippen LogP contribution in [0.5, 0.6) is 0 Å². The van der Waals surface area contributed by atoms with Crippen LogP contribution in [0, 0.1) is 6.92 Å². The molecule has 0 bridgehead atoms.